The predicted octanol–water partition coefficient (Wildman–Crippen LogP) is 8.58. The summed E-state index contributed by atoms with van der Waals surface area (Å²) < 4.78 is 5.01. The van der Waals surface area contributed by atoms with Crippen molar-refractivity contribution < 1.29 is 9.53 Å². The van der Waals surface area contributed by atoms with Crippen LogP contribution in [0, 0.1) is 13.8 Å². The Hall–Kier alpha value is -4.45. The molecule has 226 valence electrons. The number of aliphatic imine (C=N–C) groups is 2. The molecule has 0 fully saturated rings. The molecule has 2 aromatic heterocycles. The van der Waals surface area contributed by atoms with Gasteiger partial charge in [-0.25, -0.2) is 0 Å². The molecule has 6 heteroatoms. The second-order valence-electron chi connectivity index (χ2n) is 12.0. The normalized spacial score (nSPS) is 17.4. The Morgan fingerprint density at radius 1 is 0.795 bits per heavy atom. The van der Waals surface area contributed by atoms with Gasteiger partial charge in [0.2, 0.25) is 0 Å². The van der Waals surface area contributed by atoms with Gasteiger partial charge in [0, 0.05) is 47.6 Å². The van der Waals surface area contributed by atoms with E-state index < -0.39 is 0 Å². The molecule has 3 aliphatic rings. The van der Waals surface area contributed by atoms with Gasteiger partial charge >= 0.3 is 5.97 Å². The molecular weight excluding hydrogens is 544 g/mol. The third-order valence-electron chi connectivity index (χ3n) is 9.58. The lowest BCUT2D eigenvalue weighted by Crippen LogP contribution is -2.09. The number of aromatic amines is 2. The van der Waals surface area contributed by atoms with E-state index in [0.29, 0.717) is 19.3 Å². The number of H-pyrrole nitrogens is 2. The number of hydrogen-bond acceptors (Lipinski definition) is 4. The summed E-state index contributed by atoms with van der Waals surface area (Å²) >= 11 is 0. The lowest BCUT2D eigenvalue weighted by atomic mass is 9.94. The van der Waals surface area contributed by atoms with Crippen LogP contribution < -0.4 is 0 Å². The van der Waals surface area contributed by atoms with Crippen LogP contribution in [-0.2, 0) is 28.8 Å². The largest absolute Gasteiger partial charge is 0.469 e. The number of carbonyl (C=O) groups excluding carboxylic acids is 1. The van der Waals surface area contributed by atoms with Crippen LogP contribution in [-0.4, -0.2) is 34.5 Å². The van der Waals surface area contributed by atoms with Crippen molar-refractivity contribution in [2.24, 2.45) is 9.98 Å². The van der Waals surface area contributed by atoms with Gasteiger partial charge in [-0.3, -0.25) is 14.8 Å². The Balaban J connectivity index is 1.59. The minimum absolute atomic E-state index is 0.210. The van der Waals surface area contributed by atoms with Crippen LogP contribution in [0.1, 0.15) is 86.4 Å². The number of esters is 1. The number of methoxy groups -OCH3 is 1. The van der Waals surface area contributed by atoms with E-state index in [0.717, 1.165) is 70.3 Å². The standard InChI is InChI=1S/C38H42N4O2/c1-8-26-21(3)29-17-31-23(5)28(15-16-37(43)44-7)35(41-31)20-36-38(25-13-11-10-12-14-25)24(6)32(42-36)18-30-22(4)27(9-2)34(40-30)19-33(26)39-29/h10-14,17-18,39,42H,8-9,15-16,19-20H2,1-7H3/b30-18-,31-17?. The van der Waals surface area contributed by atoms with E-state index in [2.05, 4.69) is 94.0 Å². The van der Waals surface area contributed by atoms with Gasteiger partial charge in [-0.05, 0) is 104 Å². The number of nitrogens with one attached hydrogen (secondary N) is 2. The highest BCUT2D eigenvalue weighted by Gasteiger charge is 2.27. The highest BCUT2D eigenvalue weighted by Crippen LogP contribution is 2.38. The average molecular weight is 587 g/mol. The van der Waals surface area contributed by atoms with Crippen molar-refractivity contribution >= 4 is 29.5 Å². The molecule has 8 bridgehead atoms. The van der Waals surface area contributed by atoms with Gasteiger partial charge in [0.25, 0.3) is 0 Å². The molecule has 0 saturated heterocycles. The number of carbonyl (C=O) groups is 1. The molecule has 6 nitrogen and oxygen atoms in total. The van der Waals surface area contributed by atoms with Gasteiger partial charge in [0.05, 0.1) is 29.9 Å². The van der Waals surface area contributed by atoms with E-state index in [1.54, 1.807) is 0 Å². The smallest absolute Gasteiger partial charge is 0.305 e. The highest BCUT2D eigenvalue weighted by molar-refractivity contribution is 6.08. The van der Waals surface area contributed by atoms with Gasteiger partial charge in [0.1, 0.15) is 0 Å². The van der Waals surface area contributed by atoms with Crippen LogP contribution in [0.25, 0.3) is 23.3 Å². The Morgan fingerprint density at radius 2 is 1.39 bits per heavy atom. The van der Waals surface area contributed by atoms with Crippen LogP contribution in [0.2, 0.25) is 0 Å². The zero-order chi connectivity index (χ0) is 31.1. The fourth-order valence-corrected chi connectivity index (χ4v) is 7.09. The van der Waals surface area contributed by atoms with Crippen LogP contribution in [0.3, 0.4) is 0 Å². The summed E-state index contributed by atoms with van der Waals surface area (Å²) in [6.45, 7) is 13.2. The maximum absolute atomic E-state index is 12.2. The molecule has 1 aromatic carbocycles. The second kappa shape index (κ2) is 11.9. The summed E-state index contributed by atoms with van der Waals surface area (Å²) in [5, 5.41) is 0. The molecule has 0 unspecified atom stereocenters. The second-order valence-corrected chi connectivity index (χ2v) is 12.0. The van der Waals surface area contributed by atoms with Gasteiger partial charge in [0.15, 0.2) is 0 Å². The van der Waals surface area contributed by atoms with E-state index in [-0.39, 0.29) is 5.97 Å². The lowest BCUT2D eigenvalue weighted by molar-refractivity contribution is -0.140. The van der Waals surface area contributed by atoms with Crippen molar-refractivity contribution in [1.29, 1.82) is 0 Å². The summed E-state index contributed by atoms with van der Waals surface area (Å²) in [5.41, 5.74) is 19.6. The summed E-state index contributed by atoms with van der Waals surface area (Å²) in [7, 11) is 1.45. The highest BCUT2D eigenvalue weighted by atomic mass is 16.5. The van der Waals surface area contributed by atoms with E-state index in [4.69, 9.17) is 14.7 Å². The number of hydrogen-bond donors (Lipinski definition) is 2. The van der Waals surface area contributed by atoms with Crippen LogP contribution >= 0.6 is 0 Å². The van der Waals surface area contributed by atoms with Crippen molar-refractivity contribution in [2.45, 2.75) is 80.1 Å². The minimum atomic E-state index is -0.210. The maximum atomic E-state index is 12.2. The SMILES string of the molecule is CCC1=C(C)/C2=C/c3[nH]c(c(-c4ccccc4)c3C)CC3=NC(=Cc4[nH]c(c(CC)c4C)CC1=N2)C(C)=C3CCC(=O)OC. The Labute approximate surface area is 260 Å². The molecule has 3 aliphatic heterocycles. The van der Waals surface area contributed by atoms with Crippen LogP contribution in [0.5, 0.6) is 0 Å². The lowest BCUT2D eigenvalue weighted by Gasteiger charge is -2.10. The molecule has 0 atom stereocenters. The average Bonchev–Trinajstić information content (AvgIpc) is 3.69. The molecule has 44 heavy (non-hydrogen) atoms. The molecule has 0 radical (unpaired) electrons. The fourth-order valence-electron chi connectivity index (χ4n) is 7.09. The van der Waals surface area contributed by atoms with Crippen molar-refractivity contribution in [2.75, 3.05) is 7.11 Å². The molecule has 0 aliphatic carbocycles. The Bertz CT molecular complexity index is 1850. The first kappa shape index (κ1) is 29.6. The van der Waals surface area contributed by atoms with E-state index in [9.17, 15) is 4.79 Å². The quantitative estimate of drug-likeness (QED) is 0.284. The first-order valence-electron chi connectivity index (χ1n) is 15.8. The predicted molar refractivity (Wildman–Crippen MR) is 181 cm³/mol. The molecule has 3 aromatic rings. The zero-order valence-corrected chi connectivity index (χ0v) is 27.0. The number of allylic oxidation sites excluding steroid dienone is 4. The summed E-state index contributed by atoms with van der Waals surface area (Å²) in [5.74, 6) is -0.210. The number of ether oxygens (including phenoxy) is 1. The number of fused-ring (bicyclic) bond motifs is 6. The number of benzene rings is 1. The topological polar surface area (TPSA) is 82.6 Å². The Morgan fingerprint density at radius 3 is 2.02 bits per heavy atom. The molecule has 0 amide bonds. The van der Waals surface area contributed by atoms with Crippen LogP contribution in [0.15, 0.2) is 74.0 Å². The van der Waals surface area contributed by atoms with Gasteiger partial charge in [-0.2, -0.15) is 0 Å². The van der Waals surface area contributed by atoms with Crippen LogP contribution in [0.4, 0.5) is 0 Å². The molecule has 0 saturated carbocycles. The summed E-state index contributed by atoms with van der Waals surface area (Å²) in [4.78, 5) is 30.3. The number of rotatable bonds is 6. The van der Waals surface area contributed by atoms with Gasteiger partial charge in [-0.15, -0.1) is 0 Å². The third-order valence-corrected chi connectivity index (χ3v) is 9.58. The first-order valence-corrected chi connectivity index (χ1v) is 15.8. The van der Waals surface area contributed by atoms with Crippen molar-refractivity contribution in [3.05, 3.63) is 103 Å². The zero-order valence-electron chi connectivity index (χ0n) is 27.0. The molecule has 5 heterocycles. The molecular formula is C38H42N4O2. The van der Waals surface area contributed by atoms with Crippen molar-refractivity contribution in [3.8, 4) is 11.1 Å². The molecule has 2 N–H and O–H groups in total. The van der Waals surface area contributed by atoms with Gasteiger partial charge in [-0.1, -0.05) is 44.2 Å². The van der Waals surface area contributed by atoms with Crippen molar-refractivity contribution in [1.82, 2.24) is 9.97 Å². The minimum Gasteiger partial charge on any atom is -0.469 e. The van der Waals surface area contributed by atoms with Gasteiger partial charge < -0.3 is 14.7 Å². The maximum Gasteiger partial charge on any atom is 0.305 e. The van der Waals surface area contributed by atoms with Crippen molar-refractivity contribution in [3.63, 3.8) is 0 Å². The Kier molecular flexibility index (Phi) is 8.02. The first-order chi connectivity index (χ1) is 21.2. The van der Waals surface area contributed by atoms with E-state index in [1.807, 2.05) is 0 Å². The third kappa shape index (κ3) is 5.17. The van der Waals surface area contributed by atoms with E-state index in [1.165, 1.54) is 51.8 Å². The summed E-state index contributed by atoms with van der Waals surface area (Å²) in [6, 6.07) is 10.6. The number of nitrogens with zero attached hydrogens (tertiary/aromatic N) is 2. The molecule has 6 rings (SSSR count). The fraction of sp³-hybridized carbons (Fsp3) is 0.342. The monoisotopic (exact) mass is 586 g/mol. The molecule has 0 spiro atoms. The summed E-state index contributed by atoms with van der Waals surface area (Å²) in [6.07, 6.45) is 8.60. The van der Waals surface area contributed by atoms with E-state index >= 15 is 0 Å². The number of aromatic nitrogens is 2.